The van der Waals surface area contributed by atoms with Crippen molar-refractivity contribution in [1.29, 1.82) is 0 Å². The van der Waals surface area contributed by atoms with E-state index in [4.69, 9.17) is 11.6 Å². The van der Waals surface area contributed by atoms with Crippen molar-refractivity contribution in [2.75, 3.05) is 23.3 Å². The lowest BCUT2D eigenvalue weighted by Crippen LogP contribution is -2.30. The first-order valence-electron chi connectivity index (χ1n) is 9.54. The number of amides is 1. The molecule has 2 aromatic carbocycles. The summed E-state index contributed by atoms with van der Waals surface area (Å²) in [5, 5.41) is 6.51. The SMILES string of the molecule is O=C(Cc1csc(-c2ccccc2Cl)n1)Nc1ccccc1N1CCCCC1. The van der Waals surface area contributed by atoms with Gasteiger partial charge in [0.1, 0.15) is 5.01 Å². The highest BCUT2D eigenvalue weighted by Crippen LogP contribution is 2.31. The van der Waals surface area contributed by atoms with Crippen molar-refractivity contribution in [3.05, 3.63) is 64.6 Å². The molecule has 0 spiro atoms. The van der Waals surface area contributed by atoms with Crippen molar-refractivity contribution >= 4 is 40.2 Å². The van der Waals surface area contributed by atoms with Crippen LogP contribution in [0.3, 0.4) is 0 Å². The van der Waals surface area contributed by atoms with Crippen molar-refractivity contribution < 1.29 is 4.79 Å². The number of thiazole rings is 1. The predicted octanol–water partition coefficient (Wildman–Crippen LogP) is 5.64. The molecule has 1 saturated heterocycles. The fraction of sp³-hybridized carbons (Fsp3) is 0.273. The van der Waals surface area contributed by atoms with Gasteiger partial charge in [0.25, 0.3) is 0 Å². The molecule has 0 atom stereocenters. The second kappa shape index (κ2) is 8.76. The zero-order valence-electron chi connectivity index (χ0n) is 15.5. The summed E-state index contributed by atoms with van der Waals surface area (Å²) >= 11 is 7.76. The highest BCUT2D eigenvalue weighted by atomic mass is 35.5. The predicted molar refractivity (Wildman–Crippen MR) is 117 cm³/mol. The number of carbonyl (C=O) groups excluding carboxylic acids is 1. The van der Waals surface area contributed by atoms with Crippen LogP contribution in [0.25, 0.3) is 10.6 Å². The van der Waals surface area contributed by atoms with Gasteiger partial charge in [-0.3, -0.25) is 4.79 Å². The molecule has 3 aromatic rings. The van der Waals surface area contributed by atoms with Crippen LogP contribution >= 0.6 is 22.9 Å². The van der Waals surface area contributed by atoms with Crippen LogP contribution in [0.4, 0.5) is 11.4 Å². The van der Waals surface area contributed by atoms with E-state index in [1.807, 2.05) is 47.8 Å². The van der Waals surface area contributed by atoms with Gasteiger partial charge in [0.2, 0.25) is 5.91 Å². The molecule has 0 saturated carbocycles. The van der Waals surface area contributed by atoms with Gasteiger partial charge in [0, 0.05) is 24.0 Å². The summed E-state index contributed by atoms with van der Waals surface area (Å²) in [5.74, 6) is -0.0551. The van der Waals surface area contributed by atoms with Gasteiger partial charge in [-0.15, -0.1) is 11.3 Å². The molecule has 1 amide bonds. The van der Waals surface area contributed by atoms with Crippen LogP contribution < -0.4 is 10.2 Å². The van der Waals surface area contributed by atoms with Gasteiger partial charge in [-0.05, 0) is 37.5 Å². The quantitative estimate of drug-likeness (QED) is 0.591. The summed E-state index contributed by atoms with van der Waals surface area (Å²) in [6.45, 7) is 2.08. The average Bonchev–Trinajstić information content (AvgIpc) is 3.17. The van der Waals surface area contributed by atoms with Crippen LogP contribution in [0.2, 0.25) is 5.02 Å². The van der Waals surface area contributed by atoms with Crippen molar-refractivity contribution in [2.24, 2.45) is 0 Å². The Bertz CT molecular complexity index is 966. The molecule has 2 heterocycles. The number of aromatic nitrogens is 1. The zero-order chi connectivity index (χ0) is 19.3. The Kier molecular flexibility index (Phi) is 5.93. The third-order valence-electron chi connectivity index (χ3n) is 4.87. The molecule has 1 aromatic heterocycles. The van der Waals surface area contributed by atoms with E-state index < -0.39 is 0 Å². The largest absolute Gasteiger partial charge is 0.370 e. The zero-order valence-corrected chi connectivity index (χ0v) is 17.1. The Morgan fingerprint density at radius 2 is 1.82 bits per heavy atom. The van der Waals surface area contributed by atoms with Gasteiger partial charge in [-0.2, -0.15) is 0 Å². The Balaban J connectivity index is 1.45. The Morgan fingerprint density at radius 1 is 1.07 bits per heavy atom. The number of nitrogens with one attached hydrogen (secondary N) is 1. The molecular weight excluding hydrogens is 390 g/mol. The lowest BCUT2D eigenvalue weighted by Gasteiger charge is -2.30. The third-order valence-corrected chi connectivity index (χ3v) is 6.13. The molecule has 1 N–H and O–H groups in total. The standard InChI is InChI=1S/C22H22ClN3OS/c23-18-9-3-2-8-17(18)22-24-16(15-28-22)14-21(27)25-19-10-4-5-11-20(19)26-12-6-1-7-13-26/h2-5,8-11,15H,1,6-7,12-14H2,(H,25,27). The lowest BCUT2D eigenvalue weighted by atomic mass is 10.1. The fourth-order valence-corrected chi connectivity index (χ4v) is 4.64. The molecule has 1 aliphatic heterocycles. The van der Waals surface area contributed by atoms with Crippen molar-refractivity contribution in [3.8, 4) is 10.6 Å². The van der Waals surface area contributed by atoms with Gasteiger partial charge < -0.3 is 10.2 Å². The second-order valence-corrected chi connectivity index (χ2v) is 8.18. The molecule has 1 fully saturated rings. The normalized spacial score (nSPS) is 14.1. The molecule has 0 aliphatic carbocycles. The molecular formula is C22H22ClN3OS. The van der Waals surface area contributed by atoms with E-state index in [0.717, 1.165) is 40.7 Å². The minimum absolute atomic E-state index is 0.0551. The third kappa shape index (κ3) is 4.37. The number of nitrogens with zero attached hydrogens (tertiary/aromatic N) is 2. The summed E-state index contributed by atoms with van der Waals surface area (Å²) in [5.41, 5.74) is 3.63. The molecule has 0 unspecified atom stereocenters. The minimum atomic E-state index is -0.0551. The summed E-state index contributed by atoms with van der Waals surface area (Å²) in [7, 11) is 0. The molecule has 144 valence electrons. The first-order valence-corrected chi connectivity index (χ1v) is 10.8. The van der Waals surface area contributed by atoms with E-state index >= 15 is 0 Å². The van der Waals surface area contributed by atoms with Crippen LogP contribution in [-0.2, 0) is 11.2 Å². The molecule has 28 heavy (non-hydrogen) atoms. The van der Waals surface area contributed by atoms with Gasteiger partial charge in [0.15, 0.2) is 0 Å². The number of anilines is 2. The maximum Gasteiger partial charge on any atom is 0.230 e. The van der Waals surface area contributed by atoms with E-state index in [2.05, 4.69) is 21.3 Å². The number of rotatable bonds is 5. The van der Waals surface area contributed by atoms with E-state index in [1.165, 1.54) is 30.6 Å². The van der Waals surface area contributed by atoms with E-state index in [0.29, 0.717) is 5.02 Å². The van der Waals surface area contributed by atoms with Crippen LogP contribution in [0, 0.1) is 0 Å². The number of halogens is 1. The maximum absolute atomic E-state index is 12.6. The van der Waals surface area contributed by atoms with Crippen LogP contribution in [0.5, 0.6) is 0 Å². The van der Waals surface area contributed by atoms with Crippen LogP contribution in [-0.4, -0.2) is 24.0 Å². The van der Waals surface area contributed by atoms with Crippen LogP contribution in [0.15, 0.2) is 53.9 Å². The van der Waals surface area contributed by atoms with Gasteiger partial charge >= 0.3 is 0 Å². The van der Waals surface area contributed by atoms with Crippen LogP contribution in [0.1, 0.15) is 25.0 Å². The topological polar surface area (TPSA) is 45.2 Å². The molecule has 4 rings (SSSR count). The van der Waals surface area contributed by atoms with E-state index in [-0.39, 0.29) is 12.3 Å². The molecule has 1 aliphatic rings. The molecule has 6 heteroatoms. The number of para-hydroxylation sites is 2. The number of benzene rings is 2. The Morgan fingerprint density at radius 3 is 2.64 bits per heavy atom. The highest BCUT2D eigenvalue weighted by molar-refractivity contribution is 7.13. The van der Waals surface area contributed by atoms with Crippen molar-refractivity contribution in [1.82, 2.24) is 4.98 Å². The number of hydrogen-bond donors (Lipinski definition) is 1. The summed E-state index contributed by atoms with van der Waals surface area (Å²) in [4.78, 5) is 19.6. The summed E-state index contributed by atoms with van der Waals surface area (Å²) in [6, 6.07) is 15.7. The number of piperidine rings is 1. The molecule has 0 bridgehead atoms. The summed E-state index contributed by atoms with van der Waals surface area (Å²) < 4.78 is 0. The monoisotopic (exact) mass is 411 g/mol. The smallest absolute Gasteiger partial charge is 0.230 e. The maximum atomic E-state index is 12.6. The molecule has 0 radical (unpaired) electrons. The van der Waals surface area contributed by atoms with E-state index in [9.17, 15) is 4.79 Å². The first kappa shape index (κ1) is 19.0. The van der Waals surface area contributed by atoms with Gasteiger partial charge in [-0.25, -0.2) is 4.98 Å². The second-order valence-electron chi connectivity index (χ2n) is 6.91. The Labute approximate surface area is 174 Å². The lowest BCUT2D eigenvalue weighted by molar-refractivity contribution is -0.115. The van der Waals surface area contributed by atoms with Gasteiger partial charge in [-0.1, -0.05) is 41.9 Å². The van der Waals surface area contributed by atoms with Gasteiger partial charge in [0.05, 0.1) is 28.5 Å². The average molecular weight is 412 g/mol. The summed E-state index contributed by atoms with van der Waals surface area (Å²) in [6.07, 6.45) is 3.93. The molecule has 4 nitrogen and oxygen atoms in total. The Hall–Kier alpha value is -2.37. The highest BCUT2D eigenvalue weighted by Gasteiger charge is 2.16. The van der Waals surface area contributed by atoms with E-state index in [1.54, 1.807) is 0 Å². The number of carbonyl (C=O) groups is 1. The number of hydrogen-bond acceptors (Lipinski definition) is 4. The van der Waals surface area contributed by atoms with Crippen molar-refractivity contribution in [3.63, 3.8) is 0 Å². The fourth-order valence-electron chi connectivity index (χ4n) is 3.50. The first-order chi connectivity index (χ1) is 13.7. The van der Waals surface area contributed by atoms with Crippen molar-refractivity contribution in [2.45, 2.75) is 25.7 Å². The minimum Gasteiger partial charge on any atom is -0.370 e.